The van der Waals surface area contributed by atoms with E-state index >= 15 is 0 Å². The van der Waals surface area contributed by atoms with Crippen molar-refractivity contribution in [2.75, 3.05) is 13.1 Å². The first kappa shape index (κ1) is 10.8. The largest absolute Gasteiger partial charge is 0.462 e. The van der Waals surface area contributed by atoms with Crippen LogP contribution in [0, 0.1) is 11.8 Å². The van der Waals surface area contributed by atoms with Gasteiger partial charge in [0.05, 0.1) is 0 Å². The van der Waals surface area contributed by atoms with E-state index in [2.05, 4.69) is 5.32 Å². The second-order valence-corrected chi connectivity index (χ2v) is 3.69. The lowest BCUT2D eigenvalue weighted by atomic mass is 10.3. The molecule has 0 aromatic rings. The van der Waals surface area contributed by atoms with Gasteiger partial charge in [0.25, 0.3) is 0 Å². The van der Waals surface area contributed by atoms with Crippen LogP contribution in [-0.4, -0.2) is 25.2 Å². The smallest absolute Gasteiger partial charge is 0.306 e. The highest BCUT2D eigenvalue weighted by atomic mass is 35.5. The fraction of sp³-hybridized carbons (Fsp3) is 0.889. The summed E-state index contributed by atoms with van der Waals surface area (Å²) in [7, 11) is 0. The Morgan fingerprint density at radius 1 is 1.46 bits per heavy atom. The molecule has 1 saturated carbocycles. The van der Waals surface area contributed by atoms with Crippen molar-refractivity contribution in [2.45, 2.75) is 25.9 Å². The molecule has 1 N–H and O–H groups in total. The molecule has 2 unspecified atom stereocenters. The summed E-state index contributed by atoms with van der Waals surface area (Å²) in [6, 6.07) is 0. The van der Waals surface area contributed by atoms with Crippen molar-refractivity contribution in [3.63, 3.8) is 0 Å². The topological polar surface area (TPSA) is 38.3 Å². The van der Waals surface area contributed by atoms with Gasteiger partial charge in [-0.05, 0) is 6.42 Å². The van der Waals surface area contributed by atoms with Gasteiger partial charge in [0.15, 0.2) is 0 Å². The van der Waals surface area contributed by atoms with Crippen molar-refractivity contribution < 1.29 is 9.53 Å². The Morgan fingerprint density at radius 2 is 2.08 bits per heavy atom. The molecule has 3 nitrogen and oxygen atoms in total. The molecule has 1 heterocycles. The molecule has 1 aliphatic heterocycles. The first-order chi connectivity index (χ1) is 5.83. The number of rotatable bonds is 3. The molecule has 0 spiro atoms. The molecule has 2 fully saturated rings. The van der Waals surface area contributed by atoms with Gasteiger partial charge in [0.2, 0.25) is 0 Å². The standard InChI is InChI=1S/C9H15NO2.ClH/c1-2-3-8(11)12-9-6-4-10-5-7(6)9;/h6-7,9-10H,2-5H2,1H3;1H. The van der Waals surface area contributed by atoms with Gasteiger partial charge in [-0.15, -0.1) is 12.4 Å². The van der Waals surface area contributed by atoms with Crippen molar-refractivity contribution in [2.24, 2.45) is 11.8 Å². The summed E-state index contributed by atoms with van der Waals surface area (Å²) in [5, 5.41) is 3.27. The Bertz CT molecular complexity index is 188. The molecule has 2 aliphatic rings. The van der Waals surface area contributed by atoms with Crippen LogP contribution in [0.3, 0.4) is 0 Å². The number of nitrogens with one attached hydrogen (secondary N) is 1. The van der Waals surface area contributed by atoms with Crippen LogP contribution >= 0.6 is 12.4 Å². The Balaban J connectivity index is 0.000000845. The first-order valence-corrected chi connectivity index (χ1v) is 4.73. The third-order valence-corrected chi connectivity index (χ3v) is 2.73. The van der Waals surface area contributed by atoms with Gasteiger partial charge in [0, 0.05) is 31.3 Å². The van der Waals surface area contributed by atoms with Crippen molar-refractivity contribution in [1.82, 2.24) is 5.32 Å². The molecule has 0 bridgehead atoms. The molecule has 4 heteroatoms. The number of halogens is 1. The van der Waals surface area contributed by atoms with Crippen LogP contribution in [0.4, 0.5) is 0 Å². The average Bonchev–Trinajstić information content (AvgIpc) is 2.51. The molecule has 76 valence electrons. The lowest BCUT2D eigenvalue weighted by Gasteiger charge is -2.05. The van der Waals surface area contributed by atoms with Gasteiger partial charge >= 0.3 is 5.97 Å². The number of carbonyl (C=O) groups is 1. The van der Waals surface area contributed by atoms with E-state index in [1.165, 1.54) is 0 Å². The fourth-order valence-corrected chi connectivity index (χ4v) is 1.95. The second kappa shape index (κ2) is 4.29. The highest BCUT2D eigenvalue weighted by molar-refractivity contribution is 5.85. The zero-order chi connectivity index (χ0) is 8.55. The molecule has 0 radical (unpaired) electrons. The van der Waals surface area contributed by atoms with Crippen molar-refractivity contribution in [1.29, 1.82) is 0 Å². The van der Waals surface area contributed by atoms with Gasteiger partial charge in [-0.25, -0.2) is 0 Å². The average molecular weight is 206 g/mol. The van der Waals surface area contributed by atoms with Crippen molar-refractivity contribution in [3.05, 3.63) is 0 Å². The second-order valence-electron chi connectivity index (χ2n) is 3.69. The fourth-order valence-electron chi connectivity index (χ4n) is 1.95. The van der Waals surface area contributed by atoms with E-state index in [-0.39, 0.29) is 24.5 Å². The highest BCUT2D eigenvalue weighted by Crippen LogP contribution is 2.44. The minimum atomic E-state index is -0.0168. The monoisotopic (exact) mass is 205 g/mol. The summed E-state index contributed by atoms with van der Waals surface area (Å²) in [5.74, 6) is 1.24. The van der Waals surface area contributed by atoms with Crippen LogP contribution in [0.25, 0.3) is 0 Å². The van der Waals surface area contributed by atoms with Gasteiger partial charge in [-0.1, -0.05) is 6.92 Å². The lowest BCUT2D eigenvalue weighted by molar-refractivity contribution is -0.146. The van der Waals surface area contributed by atoms with E-state index in [0.29, 0.717) is 18.3 Å². The molecule has 0 aromatic carbocycles. The van der Waals surface area contributed by atoms with Crippen LogP contribution in [0.5, 0.6) is 0 Å². The molecular formula is C9H16ClNO2. The maximum absolute atomic E-state index is 11.1. The van der Waals surface area contributed by atoms with E-state index in [4.69, 9.17) is 4.74 Å². The van der Waals surface area contributed by atoms with E-state index in [0.717, 1.165) is 19.5 Å². The molecule has 1 saturated heterocycles. The minimum absolute atomic E-state index is 0. The normalized spacial score (nSPS) is 34.7. The number of ether oxygens (including phenoxy) is 1. The van der Waals surface area contributed by atoms with Crippen LogP contribution in [0.1, 0.15) is 19.8 Å². The number of hydrogen-bond donors (Lipinski definition) is 1. The number of fused-ring (bicyclic) bond motifs is 1. The number of esters is 1. The summed E-state index contributed by atoms with van der Waals surface area (Å²) >= 11 is 0. The molecule has 0 amide bonds. The molecule has 2 atom stereocenters. The van der Waals surface area contributed by atoms with Crippen LogP contribution < -0.4 is 5.32 Å². The van der Waals surface area contributed by atoms with Crippen LogP contribution in [0.2, 0.25) is 0 Å². The molecular weight excluding hydrogens is 190 g/mol. The summed E-state index contributed by atoms with van der Waals surface area (Å²) in [5.41, 5.74) is 0. The van der Waals surface area contributed by atoms with E-state index < -0.39 is 0 Å². The predicted octanol–water partition coefficient (Wildman–Crippen LogP) is 0.969. The highest BCUT2D eigenvalue weighted by Gasteiger charge is 2.55. The predicted molar refractivity (Wildman–Crippen MR) is 51.9 cm³/mol. The lowest BCUT2D eigenvalue weighted by Crippen LogP contribution is -2.20. The quantitative estimate of drug-likeness (QED) is 0.698. The van der Waals surface area contributed by atoms with E-state index in [1.54, 1.807) is 0 Å². The zero-order valence-electron chi connectivity index (χ0n) is 7.79. The maximum Gasteiger partial charge on any atom is 0.306 e. The van der Waals surface area contributed by atoms with Crippen molar-refractivity contribution in [3.8, 4) is 0 Å². The third-order valence-electron chi connectivity index (χ3n) is 2.73. The summed E-state index contributed by atoms with van der Waals surface area (Å²) in [6.45, 7) is 4.07. The number of hydrogen-bond acceptors (Lipinski definition) is 3. The number of piperidine rings is 1. The zero-order valence-corrected chi connectivity index (χ0v) is 8.60. The first-order valence-electron chi connectivity index (χ1n) is 4.73. The molecule has 0 aromatic heterocycles. The number of carbonyl (C=O) groups excluding carboxylic acids is 1. The van der Waals surface area contributed by atoms with Gasteiger partial charge in [-0.3, -0.25) is 4.79 Å². The Kier molecular flexibility index (Phi) is 3.56. The SMILES string of the molecule is CCCC(=O)OC1C2CNCC21.Cl. The van der Waals surface area contributed by atoms with Crippen LogP contribution in [0.15, 0.2) is 0 Å². The van der Waals surface area contributed by atoms with Crippen LogP contribution in [-0.2, 0) is 9.53 Å². The molecule has 2 rings (SSSR count). The Hall–Kier alpha value is -0.280. The summed E-state index contributed by atoms with van der Waals surface area (Å²) in [6.07, 6.45) is 1.72. The van der Waals surface area contributed by atoms with Gasteiger partial charge < -0.3 is 10.1 Å². The summed E-state index contributed by atoms with van der Waals surface area (Å²) < 4.78 is 5.29. The molecule has 13 heavy (non-hydrogen) atoms. The third kappa shape index (κ3) is 2.15. The Morgan fingerprint density at radius 3 is 2.62 bits per heavy atom. The molecule has 1 aliphatic carbocycles. The van der Waals surface area contributed by atoms with E-state index in [9.17, 15) is 4.79 Å². The van der Waals surface area contributed by atoms with Gasteiger partial charge in [0.1, 0.15) is 6.10 Å². The Labute approximate surface area is 84.6 Å². The van der Waals surface area contributed by atoms with Gasteiger partial charge in [-0.2, -0.15) is 0 Å². The summed E-state index contributed by atoms with van der Waals surface area (Å²) in [4.78, 5) is 11.1. The maximum atomic E-state index is 11.1. The van der Waals surface area contributed by atoms with Crippen molar-refractivity contribution >= 4 is 18.4 Å². The minimum Gasteiger partial charge on any atom is -0.462 e. The van der Waals surface area contributed by atoms with E-state index in [1.807, 2.05) is 6.92 Å².